The minimum absolute atomic E-state index is 0.237. The summed E-state index contributed by atoms with van der Waals surface area (Å²) in [7, 11) is 0. The van der Waals surface area contributed by atoms with Gasteiger partial charge >= 0.3 is 0 Å². The molecule has 0 aliphatic rings. The molecule has 2 aromatic rings. The Kier molecular flexibility index (Phi) is 5.73. The number of nitrogens with one attached hydrogen (secondary N) is 1. The highest BCUT2D eigenvalue weighted by Crippen LogP contribution is 2.28. The minimum Gasteiger partial charge on any atom is -0.490 e. The largest absolute Gasteiger partial charge is 0.490 e. The molecule has 0 aliphatic carbocycles. The van der Waals surface area contributed by atoms with Crippen LogP contribution in [0.2, 0.25) is 0 Å². The Morgan fingerprint density at radius 1 is 1.05 bits per heavy atom. The smallest absolute Gasteiger partial charge is 0.162 e. The van der Waals surface area contributed by atoms with E-state index < -0.39 is 0 Å². The average Bonchev–Trinajstić information content (AvgIpc) is 2.54. The number of anilines is 1. The number of terminal acetylenes is 1. The SMILES string of the molecule is C#CCOc1ccc(CNc2ccc(C)cc2)cc1OCC. The molecular weight excluding hydrogens is 274 g/mol. The lowest BCUT2D eigenvalue weighted by Crippen LogP contribution is -2.03. The van der Waals surface area contributed by atoms with Gasteiger partial charge in [-0.1, -0.05) is 29.7 Å². The van der Waals surface area contributed by atoms with Crippen molar-refractivity contribution in [3.05, 3.63) is 53.6 Å². The van der Waals surface area contributed by atoms with Crippen molar-refractivity contribution >= 4 is 5.69 Å². The molecule has 0 atom stereocenters. The summed E-state index contributed by atoms with van der Waals surface area (Å²) in [5.41, 5.74) is 3.47. The molecule has 3 heteroatoms. The molecule has 0 aromatic heterocycles. The molecule has 1 N–H and O–H groups in total. The summed E-state index contributed by atoms with van der Waals surface area (Å²) in [5, 5.41) is 3.39. The van der Waals surface area contributed by atoms with Gasteiger partial charge in [0.25, 0.3) is 0 Å². The van der Waals surface area contributed by atoms with Crippen LogP contribution in [0.4, 0.5) is 5.69 Å². The van der Waals surface area contributed by atoms with Crippen LogP contribution in [-0.2, 0) is 6.54 Å². The first-order valence-electron chi connectivity index (χ1n) is 7.35. The van der Waals surface area contributed by atoms with E-state index in [4.69, 9.17) is 15.9 Å². The van der Waals surface area contributed by atoms with Gasteiger partial charge in [-0.2, -0.15) is 0 Å². The summed E-state index contributed by atoms with van der Waals surface area (Å²) in [4.78, 5) is 0. The minimum atomic E-state index is 0.237. The molecule has 0 bridgehead atoms. The number of hydrogen-bond donors (Lipinski definition) is 1. The van der Waals surface area contributed by atoms with Crippen LogP contribution < -0.4 is 14.8 Å². The van der Waals surface area contributed by atoms with Crippen LogP contribution in [0.3, 0.4) is 0 Å². The predicted octanol–water partition coefficient (Wildman–Crippen LogP) is 4.02. The Morgan fingerprint density at radius 2 is 1.82 bits per heavy atom. The third kappa shape index (κ3) is 4.46. The van der Waals surface area contributed by atoms with Crippen LogP contribution in [-0.4, -0.2) is 13.2 Å². The van der Waals surface area contributed by atoms with E-state index in [0.717, 1.165) is 23.5 Å². The lowest BCUT2D eigenvalue weighted by Gasteiger charge is -2.13. The molecule has 0 amide bonds. The zero-order valence-corrected chi connectivity index (χ0v) is 13.1. The van der Waals surface area contributed by atoms with E-state index in [2.05, 4.69) is 42.4 Å². The molecule has 22 heavy (non-hydrogen) atoms. The number of benzene rings is 2. The second kappa shape index (κ2) is 7.99. The van der Waals surface area contributed by atoms with E-state index in [9.17, 15) is 0 Å². The van der Waals surface area contributed by atoms with Crippen molar-refractivity contribution in [2.24, 2.45) is 0 Å². The molecular formula is C19H21NO2. The lowest BCUT2D eigenvalue weighted by molar-refractivity contribution is 0.299. The van der Waals surface area contributed by atoms with Crippen LogP contribution in [0.5, 0.6) is 11.5 Å². The van der Waals surface area contributed by atoms with Crippen molar-refractivity contribution in [2.75, 3.05) is 18.5 Å². The predicted molar refractivity (Wildman–Crippen MR) is 90.4 cm³/mol. The maximum atomic E-state index is 5.62. The maximum Gasteiger partial charge on any atom is 0.162 e. The van der Waals surface area contributed by atoms with Crippen molar-refractivity contribution in [3.8, 4) is 23.8 Å². The Balaban J connectivity index is 2.05. The molecule has 0 saturated heterocycles. The molecule has 0 spiro atoms. The van der Waals surface area contributed by atoms with E-state index in [1.165, 1.54) is 5.56 Å². The fourth-order valence-electron chi connectivity index (χ4n) is 2.04. The summed E-state index contributed by atoms with van der Waals surface area (Å²) >= 11 is 0. The Hall–Kier alpha value is -2.60. The van der Waals surface area contributed by atoms with Crippen molar-refractivity contribution in [3.63, 3.8) is 0 Å². The van der Waals surface area contributed by atoms with Crippen molar-refractivity contribution < 1.29 is 9.47 Å². The van der Waals surface area contributed by atoms with Crippen LogP contribution >= 0.6 is 0 Å². The monoisotopic (exact) mass is 295 g/mol. The molecule has 0 fully saturated rings. The molecule has 3 nitrogen and oxygen atoms in total. The molecule has 0 radical (unpaired) electrons. The summed E-state index contributed by atoms with van der Waals surface area (Å²) in [5.74, 6) is 3.86. The highest BCUT2D eigenvalue weighted by molar-refractivity contribution is 5.47. The van der Waals surface area contributed by atoms with Gasteiger partial charge < -0.3 is 14.8 Å². The van der Waals surface area contributed by atoms with E-state index in [1.807, 2.05) is 25.1 Å². The van der Waals surface area contributed by atoms with Crippen molar-refractivity contribution in [1.29, 1.82) is 0 Å². The lowest BCUT2D eigenvalue weighted by atomic mass is 10.2. The first-order valence-corrected chi connectivity index (χ1v) is 7.35. The molecule has 114 valence electrons. The first kappa shape index (κ1) is 15.8. The third-order valence-electron chi connectivity index (χ3n) is 3.17. The molecule has 0 aliphatic heterocycles. The number of ether oxygens (including phenoxy) is 2. The highest BCUT2D eigenvalue weighted by Gasteiger charge is 2.06. The van der Waals surface area contributed by atoms with Gasteiger partial charge in [-0.05, 0) is 43.7 Å². The van der Waals surface area contributed by atoms with Gasteiger partial charge in [0.15, 0.2) is 11.5 Å². The Morgan fingerprint density at radius 3 is 2.50 bits per heavy atom. The van der Waals surface area contributed by atoms with Gasteiger partial charge in [0.05, 0.1) is 6.61 Å². The zero-order chi connectivity index (χ0) is 15.8. The highest BCUT2D eigenvalue weighted by atomic mass is 16.5. The Labute approximate surface area is 132 Å². The van der Waals surface area contributed by atoms with Crippen molar-refractivity contribution in [1.82, 2.24) is 0 Å². The summed E-state index contributed by atoms with van der Waals surface area (Å²) in [6.07, 6.45) is 5.23. The Bertz CT molecular complexity index is 641. The van der Waals surface area contributed by atoms with Crippen LogP contribution in [0.15, 0.2) is 42.5 Å². The third-order valence-corrected chi connectivity index (χ3v) is 3.17. The van der Waals surface area contributed by atoms with E-state index in [-0.39, 0.29) is 6.61 Å². The fourth-order valence-corrected chi connectivity index (χ4v) is 2.04. The topological polar surface area (TPSA) is 30.5 Å². The van der Waals surface area contributed by atoms with Gasteiger partial charge in [-0.3, -0.25) is 0 Å². The van der Waals surface area contributed by atoms with E-state index in [1.54, 1.807) is 0 Å². The fraction of sp³-hybridized carbons (Fsp3) is 0.263. The molecule has 2 aromatic carbocycles. The van der Waals surface area contributed by atoms with Crippen molar-refractivity contribution in [2.45, 2.75) is 20.4 Å². The molecule has 0 heterocycles. The summed E-state index contributed by atoms with van der Waals surface area (Å²) in [6.45, 7) is 5.57. The average molecular weight is 295 g/mol. The standard InChI is InChI=1S/C19H21NO2/c1-4-12-22-18-11-8-16(13-19(18)21-5-2)14-20-17-9-6-15(3)7-10-17/h1,6-11,13,20H,5,12,14H2,2-3H3. The quantitative estimate of drug-likeness (QED) is 0.783. The van der Waals surface area contributed by atoms with E-state index in [0.29, 0.717) is 12.4 Å². The van der Waals surface area contributed by atoms with Gasteiger partial charge in [-0.15, -0.1) is 6.42 Å². The van der Waals surface area contributed by atoms with Crippen LogP contribution in [0, 0.1) is 19.3 Å². The number of hydrogen-bond acceptors (Lipinski definition) is 3. The molecule has 0 saturated carbocycles. The number of aryl methyl sites for hydroxylation is 1. The normalized spacial score (nSPS) is 9.86. The van der Waals surface area contributed by atoms with Crippen LogP contribution in [0.1, 0.15) is 18.1 Å². The molecule has 2 rings (SSSR count). The van der Waals surface area contributed by atoms with Gasteiger partial charge in [0.2, 0.25) is 0 Å². The van der Waals surface area contributed by atoms with E-state index >= 15 is 0 Å². The van der Waals surface area contributed by atoms with Gasteiger partial charge in [-0.25, -0.2) is 0 Å². The zero-order valence-electron chi connectivity index (χ0n) is 13.1. The maximum absolute atomic E-state index is 5.62. The van der Waals surface area contributed by atoms with Gasteiger partial charge in [0.1, 0.15) is 6.61 Å². The van der Waals surface area contributed by atoms with Gasteiger partial charge in [0, 0.05) is 12.2 Å². The summed E-state index contributed by atoms with van der Waals surface area (Å²) in [6, 6.07) is 14.2. The second-order valence-electron chi connectivity index (χ2n) is 4.93. The summed E-state index contributed by atoms with van der Waals surface area (Å²) < 4.78 is 11.1. The second-order valence-corrected chi connectivity index (χ2v) is 4.93. The molecule has 0 unspecified atom stereocenters. The first-order chi connectivity index (χ1) is 10.7. The van der Waals surface area contributed by atoms with Crippen LogP contribution in [0.25, 0.3) is 0 Å². The number of rotatable bonds is 7.